The van der Waals surface area contributed by atoms with E-state index >= 15 is 0 Å². The molecule has 42 heavy (non-hydrogen) atoms. The zero-order valence-corrected chi connectivity index (χ0v) is 25.8. The monoisotopic (exact) mass is 588 g/mol. The fourth-order valence-corrected chi connectivity index (χ4v) is 4.57. The van der Waals surface area contributed by atoms with Gasteiger partial charge in [0.05, 0.1) is 19.5 Å². The van der Waals surface area contributed by atoms with Crippen LogP contribution in [-0.2, 0) is 25.6 Å². The summed E-state index contributed by atoms with van der Waals surface area (Å²) >= 11 is 0. The predicted molar refractivity (Wildman–Crippen MR) is 166 cm³/mol. The van der Waals surface area contributed by atoms with Crippen molar-refractivity contribution in [3.63, 3.8) is 0 Å². The lowest BCUT2D eigenvalue weighted by molar-refractivity contribution is -0.149. The molecule has 0 fully saturated rings. The molecule has 0 amide bonds. The zero-order valence-electron chi connectivity index (χ0n) is 25.8. The number of H-pyrrole nitrogens is 1. The normalized spacial score (nSPS) is 13.2. The van der Waals surface area contributed by atoms with Crippen LogP contribution in [0.1, 0.15) is 104 Å². The highest BCUT2D eigenvalue weighted by Crippen LogP contribution is 2.15. The number of hydrogen-bond donors (Lipinski definition) is 3. The average molecular weight is 589 g/mol. The number of fused-ring (bicyclic) bond motifs is 1. The molecule has 0 aliphatic heterocycles. The highest BCUT2D eigenvalue weighted by molar-refractivity contribution is 5.75. The number of ether oxygens (including phenoxy) is 2. The summed E-state index contributed by atoms with van der Waals surface area (Å²) in [6.45, 7) is 6.55. The Labute approximate surface area is 249 Å². The van der Waals surface area contributed by atoms with Crippen molar-refractivity contribution >= 4 is 29.1 Å². The number of nitrogens with one attached hydrogen (secondary N) is 1. The van der Waals surface area contributed by atoms with E-state index in [1.165, 1.54) is 44.9 Å². The number of unbranched alkanes of at least 4 members (excludes halogenated alkanes) is 9. The summed E-state index contributed by atoms with van der Waals surface area (Å²) in [5.41, 5.74) is 11.7. The second-order valence-electron chi connectivity index (χ2n) is 11.4. The summed E-state index contributed by atoms with van der Waals surface area (Å²) in [7, 11) is 0. The topological polar surface area (TPSA) is 168 Å². The second-order valence-corrected chi connectivity index (χ2v) is 11.4. The number of aromatic amines is 1. The third-order valence-corrected chi connectivity index (χ3v) is 7.33. The van der Waals surface area contributed by atoms with E-state index in [9.17, 15) is 14.4 Å². The first-order valence-corrected chi connectivity index (χ1v) is 15.7. The number of allylic oxidation sites excluding steroid dienone is 2. The van der Waals surface area contributed by atoms with Gasteiger partial charge in [0.1, 0.15) is 6.04 Å². The maximum Gasteiger partial charge on any atom is 0.323 e. The highest BCUT2D eigenvalue weighted by atomic mass is 16.5. The van der Waals surface area contributed by atoms with Crippen molar-refractivity contribution in [1.29, 1.82) is 0 Å². The van der Waals surface area contributed by atoms with E-state index in [1.54, 1.807) is 4.57 Å². The third kappa shape index (κ3) is 13.2. The molecule has 0 aliphatic carbocycles. The van der Waals surface area contributed by atoms with Crippen LogP contribution >= 0.6 is 0 Å². The number of esters is 2. The molecule has 1 unspecified atom stereocenters. The van der Waals surface area contributed by atoms with Crippen molar-refractivity contribution in [1.82, 2.24) is 19.5 Å². The summed E-state index contributed by atoms with van der Waals surface area (Å²) < 4.78 is 12.7. The highest BCUT2D eigenvalue weighted by Gasteiger charge is 2.21. The molecule has 0 aliphatic rings. The molecule has 0 radical (unpaired) electrons. The first-order chi connectivity index (χ1) is 20.2. The molecule has 0 bridgehead atoms. The minimum Gasteiger partial charge on any atom is -0.465 e. The fourth-order valence-electron chi connectivity index (χ4n) is 4.57. The first kappa shape index (κ1) is 35.0. The molecule has 2 aromatic rings. The van der Waals surface area contributed by atoms with E-state index in [-0.39, 0.29) is 42.5 Å². The number of nitrogens with zero attached hydrogens (tertiary/aromatic N) is 3. The summed E-state index contributed by atoms with van der Waals surface area (Å²) in [5, 5.41) is 0. The van der Waals surface area contributed by atoms with Gasteiger partial charge in [-0.3, -0.25) is 19.4 Å². The van der Waals surface area contributed by atoms with Gasteiger partial charge in [0.25, 0.3) is 5.56 Å². The lowest BCUT2D eigenvalue weighted by Crippen LogP contribution is -2.37. The molecule has 5 N–H and O–H groups in total. The Morgan fingerprint density at radius 2 is 1.69 bits per heavy atom. The Bertz CT molecular complexity index is 1160. The molecule has 0 saturated heterocycles. The van der Waals surface area contributed by atoms with Crippen LogP contribution in [0, 0.1) is 11.8 Å². The van der Waals surface area contributed by atoms with E-state index in [1.807, 2.05) is 13.8 Å². The van der Waals surface area contributed by atoms with Crippen LogP contribution in [0.15, 0.2) is 23.3 Å². The molecule has 11 nitrogen and oxygen atoms in total. The van der Waals surface area contributed by atoms with E-state index in [0.717, 1.165) is 32.1 Å². The van der Waals surface area contributed by atoms with Gasteiger partial charge in [0.15, 0.2) is 11.2 Å². The zero-order chi connectivity index (χ0) is 30.7. The second kappa shape index (κ2) is 19.8. The molecule has 0 aromatic carbocycles. The molecular weight excluding hydrogens is 536 g/mol. The average Bonchev–Trinajstić information content (AvgIpc) is 3.35. The minimum absolute atomic E-state index is 0.0110. The van der Waals surface area contributed by atoms with Crippen LogP contribution in [-0.4, -0.2) is 50.7 Å². The summed E-state index contributed by atoms with van der Waals surface area (Å²) in [5.74, 6) is -0.977. The molecule has 0 spiro atoms. The van der Waals surface area contributed by atoms with Gasteiger partial charge >= 0.3 is 11.9 Å². The van der Waals surface area contributed by atoms with Crippen LogP contribution < -0.4 is 17.0 Å². The molecule has 236 valence electrons. The van der Waals surface area contributed by atoms with Crippen LogP contribution in [0.2, 0.25) is 0 Å². The largest absolute Gasteiger partial charge is 0.465 e. The fraction of sp³-hybridized carbons (Fsp3) is 0.710. The van der Waals surface area contributed by atoms with Crippen LogP contribution in [0.25, 0.3) is 11.2 Å². The van der Waals surface area contributed by atoms with Crippen molar-refractivity contribution < 1.29 is 19.1 Å². The van der Waals surface area contributed by atoms with Crippen molar-refractivity contribution in [2.45, 2.75) is 117 Å². The van der Waals surface area contributed by atoms with Gasteiger partial charge in [-0.05, 0) is 44.4 Å². The van der Waals surface area contributed by atoms with Gasteiger partial charge < -0.3 is 25.5 Å². The maximum absolute atomic E-state index is 12.5. The smallest absolute Gasteiger partial charge is 0.323 e. The molecule has 2 heterocycles. The number of imidazole rings is 1. The summed E-state index contributed by atoms with van der Waals surface area (Å²) in [6, 6.07) is -0.699. The third-order valence-electron chi connectivity index (χ3n) is 7.33. The Hall–Kier alpha value is -3.21. The first-order valence-electron chi connectivity index (χ1n) is 15.7. The lowest BCUT2D eigenvalue weighted by Gasteiger charge is -2.19. The molecule has 2 rings (SSSR count). The van der Waals surface area contributed by atoms with Crippen LogP contribution in [0.4, 0.5) is 5.95 Å². The summed E-state index contributed by atoms with van der Waals surface area (Å²) in [4.78, 5) is 47.6. The maximum atomic E-state index is 12.5. The molecule has 0 saturated carbocycles. The molecule has 2 aromatic heterocycles. The number of hydrogen-bond acceptors (Lipinski definition) is 9. The van der Waals surface area contributed by atoms with Crippen molar-refractivity contribution in [2.24, 2.45) is 17.6 Å². The Balaban J connectivity index is 1.77. The number of carbonyl (C=O) groups is 2. The van der Waals surface area contributed by atoms with Gasteiger partial charge in [-0.1, -0.05) is 71.4 Å². The van der Waals surface area contributed by atoms with Gasteiger partial charge in [0.2, 0.25) is 5.95 Å². The predicted octanol–water partition coefficient (Wildman–Crippen LogP) is 5.04. The number of aromatic nitrogens is 4. The van der Waals surface area contributed by atoms with Crippen molar-refractivity contribution in [3.8, 4) is 0 Å². The number of nitrogen functional groups attached to an aromatic ring is 1. The standard InChI is InChI=1S/C31H52N6O5/c1-4-5-6-7-8-9-10-11-12-13-14-15-16-17-25(38)42-21-24(18-19-41-30(40)26(32)23(2)3)20-37-22-34-27-28(37)35-31(33)36-29(27)39/h9-10,22-24,26H,4-8,11-21,32H2,1-3H3,(H3,33,35,36,39)/t24?,26-/m0/s1. The number of rotatable bonds is 22. The van der Waals surface area contributed by atoms with Gasteiger partial charge in [-0.15, -0.1) is 0 Å². The summed E-state index contributed by atoms with van der Waals surface area (Å²) in [6.07, 6.45) is 19.7. The number of nitrogens with two attached hydrogens (primary N) is 2. The SMILES string of the molecule is CCCCCCC=CCCCCCCCC(=O)OCC(CCOC(=O)[C@@H](N)C(C)C)Cn1cnc2c(=O)[nH]c(N)nc21. The van der Waals surface area contributed by atoms with E-state index in [4.69, 9.17) is 20.9 Å². The van der Waals surface area contributed by atoms with Gasteiger partial charge in [-0.2, -0.15) is 4.98 Å². The minimum atomic E-state index is -0.699. The Kier molecular flexibility index (Phi) is 16.5. The number of carbonyl (C=O) groups excluding carboxylic acids is 2. The van der Waals surface area contributed by atoms with E-state index in [2.05, 4.69) is 34.0 Å². The quantitative estimate of drug-likeness (QED) is 0.0969. The number of anilines is 1. The van der Waals surface area contributed by atoms with Crippen LogP contribution in [0.5, 0.6) is 0 Å². The Morgan fingerprint density at radius 1 is 1.02 bits per heavy atom. The lowest BCUT2D eigenvalue weighted by atomic mass is 10.1. The van der Waals surface area contributed by atoms with E-state index in [0.29, 0.717) is 25.0 Å². The van der Waals surface area contributed by atoms with Crippen LogP contribution in [0.3, 0.4) is 0 Å². The molecular formula is C31H52N6O5. The van der Waals surface area contributed by atoms with Gasteiger partial charge in [-0.25, -0.2) is 4.98 Å². The van der Waals surface area contributed by atoms with Gasteiger partial charge in [0, 0.05) is 18.9 Å². The molecule has 2 atom stereocenters. The Morgan fingerprint density at radius 3 is 2.38 bits per heavy atom. The van der Waals surface area contributed by atoms with Crippen molar-refractivity contribution in [3.05, 3.63) is 28.8 Å². The van der Waals surface area contributed by atoms with E-state index < -0.39 is 17.6 Å². The van der Waals surface area contributed by atoms with Crippen molar-refractivity contribution in [2.75, 3.05) is 18.9 Å². The molecule has 11 heteroatoms.